The fourth-order valence-electron chi connectivity index (χ4n) is 3.02. The van der Waals surface area contributed by atoms with Crippen molar-refractivity contribution in [3.63, 3.8) is 0 Å². The summed E-state index contributed by atoms with van der Waals surface area (Å²) in [5, 5.41) is 6.74. The molecule has 0 amide bonds. The van der Waals surface area contributed by atoms with Gasteiger partial charge in [0, 0.05) is 32.2 Å². The monoisotopic (exact) mass is 347 g/mol. The molecular weight excluding hydrogens is 312 g/mol. The average molecular weight is 347 g/mol. The van der Waals surface area contributed by atoms with Crippen molar-refractivity contribution in [3.05, 3.63) is 0 Å². The van der Waals surface area contributed by atoms with E-state index in [0.29, 0.717) is 6.04 Å². The number of guanidine groups is 1. The number of nitrogens with one attached hydrogen (secondary N) is 2. The van der Waals surface area contributed by atoms with Gasteiger partial charge in [-0.3, -0.25) is 9.89 Å². The molecule has 0 aliphatic carbocycles. The van der Waals surface area contributed by atoms with Crippen molar-refractivity contribution < 1.29 is 8.78 Å². The summed E-state index contributed by atoms with van der Waals surface area (Å²) in [6, 6.07) is 0.314. The molecule has 142 valence electrons. The highest BCUT2D eigenvalue weighted by Crippen LogP contribution is 2.11. The first-order valence-corrected chi connectivity index (χ1v) is 9.36. The molecule has 7 heteroatoms. The molecule has 24 heavy (non-hydrogen) atoms. The molecule has 1 fully saturated rings. The minimum atomic E-state index is -2.24. The van der Waals surface area contributed by atoms with Crippen LogP contribution in [0.25, 0.3) is 0 Å². The van der Waals surface area contributed by atoms with E-state index in [1.54, 1.807) is 0 Å². The van der Waals surface area contributed by atoms with Crippen LogP contribution in [0.4, 0.5) is 8.78 Å². The predicted molar refractivity (Wildman–Crippen MR) is 97.0 cm³/mol. The van der Waals surface area contributed by atoms with E-state index in [9.17, 15) is 8.78 Å². The Morgan fingerprint density at radius 2 is 1.92 bits per heavy atom. The zero-order valence-electron chi connectivity index (χ0n) is 15.5. The van der Waals surface area contributed by atoms with Crippen molar-refractivity contribution in [2.45, 2.75) is 52.5 Å². The summed E-state index contributed by atoms with van der Waals surface area (Å²) >= 11 is 0. The van der Waals surface area contributed by atoms with Crippen LogP contribution in [0.2, 0.25) is 0 Å². The molecule has 0 bridgehead atoms. The van der Waals surface area contributed by atoms with Crippen LogP contribution in [0.5, 0.6) is 0 Å². The number of likely N-dealkylation sites (N-methyl/N-ethyl adjacent to an activating group) is 1. The normalized spacial score (nSPS) is 17.7. The molecule has 0 atom stereocenters. The van der Waals surface area contributed by atoms with E-state index < -0.39 is 6.43 Å². The first-order valence-electron chi connectivity index (χ1n) is 9.36. The van der Waals surface area contributed by atoms with Crippen LogP contribution in [0.15, 0.2) is 4.99 Å². The predicted octanol–water partition coefficient (Wildman–Crippen LogP) is 2.00. The van der Waals surface area contributed by atoms with E-state index in [-0.39, 0.29) is 6.54 Å². The topological polar surface area (TPSA) is 42.9 Å². The fourth-order valence-corrected chi connectivity index (χ4v) is 3.02. The molecular formula is C17H35F2N5. The second kappa shape index (κ2) is 12.4. The molecule has 0 aromatic carbocycles. The summed E-state index contributed by atoms with van der Waals surface area (Å²) in [4.78, 5) is 8.91. The van der Waals surface area contributed by atoms with Crippen molar-refractivity contribution in [2.24, 2.45) is 4.99 Å². The van der Waals surface area contributed by atoms with Gasteiger partial charge in [-0.1, -0.05) is 13.8 Å². The minimum absolute atomic E-state index is 0.106. The number of nitrogens with zero attached hydrogens (tertiary/aromatic N) is 3. The largest absolute Gasteiger partial charge is 0.357 e. The van der Waals surface area contributed by atoms with Crippen LogP contribution in [0.1, 0.15) is 40.0 Å². The van der Waals surface area contributed by atoms with Gasteiger partial charge in [-0.2, -0.15) is 0 Å². The summed E-state index contributed by atoms with van der Waals surface area (Å²) in [6.07, 6.45) is 0.688. The number of hydrogen-bond acceptors (Lipinski definition) is 3. The van der Waals surface area contributed by atoms with Crippen molar-refractivity contribution in [1.29, 1.82) is 0 Å². The van der Waals surface area contributed by atoms with Gasteiger partial charge in [0.05, 0.1) is 13.1 Å². The molecule has 0 radical (unpaired) electrons. The Hall–Kier alpha value is -0.950. The molecule has 2 N–H and O–H groups in total. The van der Waals surface area contributed by atoms with Crippen LogP contribution in [0, 0.1) is 0 Å². The number of halogens is 2. The summed E-state index contributed by atoms with van der Waals surface area (Å²) in [6.45, 7) is 12.5. The van der Waals surface area contributed by atoms with Gasteiger partial charge in [-0.25, -0.2) is 8.78 Å². The average Bonchev–Trinajstić information content (AvgIpc) is 2.55. The summed E-state index contributed by atoms with van der Waals surface area (Å²) in [5.41, 5.74) is 0. The van der Waals surface area contributed by atoms with Crippen LogP contribution in [-0.2, 0) is 0 Å². The van der Waals surface area contributed by atoms with Crippen molar-refractivity contribution >= 4 is 5.96 Å². The van der Waals surface area contributed by atoms with Gasteiger partial charge in [0.1, 0.15) is 0 Å². The third-order valence-corrected chi connectivity index (χ3v) is 4.34. The third-order valence-electron chi connectivity index (χ3n) is 4.34. The highest BCUT2D eigenvalue weighted by Gasteiger charge is 2.21. The third kappa shape index (κ3) is 8.78. The van der Waals surface area contributed by atoms with Gasteiger partial charge in [0.25, 0.3) is 6.43 Å². The summed E-state index contributed by atoms with van der Waals surface area (Å²) in [7, 11) is 0. The number of rotatable bonds is 10. The quantitative estimate of drug-likeness (QED) is 0.469. The maximum Gasteiger partial charge on any atom is 0.251 e. The lowest BCUT2D eigenvalue weighted by molar-refractivity contribution is 0.0744. The first-order chi connectivity index (χ1) is 11.6. The highest BCUT2D eigenvalue weighted by molar-refractivity contribution is 5.80. The Bertz CT molecular complexity index is 344. The van der Waals surface area contributed by atoms with Crippen molar-refractivity contribution in [2.75, 3.05) is 52.4 Å². The molecule has 1 rings (SSSR count). The van der Waals surface area contributed by atoms with Crippen molar-refractivity contribution in [3.8, 4) is 0 Å². The molecule has 1 heterocycles. The van der Waals surface area contributed by atoms with E-state index in [1.165, 1.54) is 0 Å². The number of aliphatic imine (C=N–C) groups is 1. The minimum Gasteiger partial charge on any atom is -0.357 e. The SMILES string of the molecule is CCCN(CC)CCN=C(NCC)NC1CCN(CC(F)F)CC1. The standard InChI is InChI=1S/C17H35F2N5/c1-4-10-23(6-3)13-9-21-17(20-5-2)22-15-7-11-24(12-8-15)14-16(18)19/h15-16H,4-14H2,1-3H3,(H2,20,21,22). The smallest absolute Gasteiger partial charge is 0.251 e. The highest BCUT2D eigenvalue weighted by atomic mass is 19.3. The molecule has 0 unspecified atom stereocenters. The van der Waals surface area contributed by atoms with Crippen LogP contribution < -0.4 is 10.6 Å². The van der Waals surface area contributed by atoms with E-state index in [1.807, 2.05) is 4.90 Å². The second-order valence-electron chi connectivity index (χ2n) is 6.31. The lowest BCUT2D eigenvalue weighted by Crippen LogP contribution is -2.49. The number of alkyl halides is 2. The van der Waals surface area contributed by atoms with E-state index in [0.717, 1.165) is 71.0 Å². The Kier molecular flexibility index (Phi) is 10.9. The Labute approximate surface area is 145 Å². The van der Waals surface area contributed by atoms with E-state index >= 15 is 0 Å². The summed E-state index contributed by atoms with van der Waals surface area (Å²) < 4.78 is 24.9. The second-order valence-corrected chi connectivity index (χ2v) is 6.31. The van der Waals surface area contributed by atoms with Gasteiger partial charge < -0.3 is 15.5 Å². The van der Waals surface area contributed by atoms with E-state index in [4.69, 9.17) is 0 Å². The van der Waals surface area contributed by atoms with Crippen LogP contribution in [-0.4, -0.2) is 80.6 Å². The molecule has 1 saturated heterocycles. The Morgan fingerprint density at radius 1 is 1.21 bits per heavy atom. The Balaban J connectivity index is 2.38. The van der Waals surface area contributed by atoms with Gasteiger partial charge in [0.2, 0.25) is 0 Å². The zero-order valence-corrected chi connectivity index (χ0v) is 15.5. The first kappa shape index (κ1) is 21.1. The van der Waals surface area contributed by atoms with Crippen LogP contribution in [0.3, 0.4) is 0 Å². The zero-order chi connectivity index (χ0) is 17.8. The molecule has 0 saturated carbocycles. The van der Waals surface area contributed by atoms with E-state index in [2.05, 4.69) is 41.3 Å². The number of piperidine rings is 1. The van der Waals surface area contributed by atoms with Gasteiger partial charge in [-0.15, -0.1) is 0 Å². The molecule has 0 spiro atoms. The van der Waals surface area contributed by atoms with Gasteiger partial charge in [0.15, 0.2) is 5.96 Å². The van der Waals surface area contributed by atoms with Crippen LogP contribution >= 0.6 is 0 Å². The maximum absolute atomic E-state index is 12.4. The lowest BCUT2D eigenvalue weighted by Gasteiger charge is -2.32. The lowest BCUT2D eigenvalue weighted by atomic mass is 10.1. The number of likely N-dealkylation sites (tertiary alicyclic amines) is 1. The molecule has 0 aromatic rings. The molecule has 1 aliphatic rings. The summed E-state index contributed by atoms with van der Waals surface area (Å²) in [5.74, 6) is 0.845. The molecule has 5 nitrogen and oxygen atoms in total. The number of hydrogen-bond donors (Lipinski definition) is 2. The van der Waals surface area contributed by atoms with Crippen molar-refractivity contribution in [1.82, 2.24) is 20.4 Å². The molecule has 1 aliphatic heterocycles. The Morgan fingerprint density at radius 3 is 2.46 bits per heavy atom. The fraction of sp³-hybridized carbons (Fsp3) is 0.941. The molecule has 0 aromatic heterocycles. The maximum atomic E-state index is 12.4. The van der Waals surface area contributed by atoms with Gasteiger partial charge >= 0.3 is 0 Å². The van der Waals surface area contributed by atoms with Gasteiger partial charge in [-0.05, 0) is 39.3 Å².